The van der Waals surface area contributed by atoms with Gasteiger partial charge in [-0.25, -0.2) is 13.3 Å². The van der Waals surface area contributed by atoms with Crippen molar-refractivity contribution < 1.29 is 27.6 Å². The topological polar surface area (TPSA) is 109 Å². The number of rotatable bonds is 7. The molecule has 5 aromatic rings. The Morgan fingerprint density at radius 3 is 2.00 bits per heavy atom. The van der Waals surface area contributed by atoms with E-state index in [4.69, 9.17) is 11.6 Å². The van der Waals surface area contributed by atoms with Crippen LogP contribution in [0.15, 0.2) is 132 Å². The van der Waals surface area contributed by atoms with Gasteiger partial charge in [-0.1, -0.05) is 96.0 Å². The van der Waals surface area contributed by atoms with Crippen molar-refractivity contribution in [1.82, 2.24) is 0 Å². The van der Waals surface area contributed by atoms with Crippen LogP contribution in [0.4, 0.5) is 11.4 Å². The molecule has 2 amide bonds. The molecule has 2 aliphatic heterocycles. The van der Waals surface area contributed by atoms with Crippen molar-refractivity contribution in [3.8, 4) is 0 Å². The van der Waals surface area contributed by atoms with Gasteiger partial charge in [0.1, 0.15) is 11.5 Å². The van der Waals surface area contributed by atoms with Gasteiger partial charge in [0, 0.05) is 35.4 Å². The number of carbonyl (C=O) groups is 4. The van der Waals surface area contributed by atoms with Crippen LogP contribution >= 0.6 is 11.6 Å². The van der Waals surface area contributed by atoms with Gasteiger partial charge in [0.05, 0.1) is 16.3 Å². The van der Waals surface area contributed by atoms with E-state index in [0.717, 1.165) is 14.8 Å². The van der Waals surface area contributed by atoms with Gasteiger partial charge in [0.2, 0.25) is 11.8 Å². The van der Waals surface area contributed by atoms with Gasteiger partial charge in [0.25, 0.3) is 10.0 Å². The highest BCUT2D eigenvalue weighted by Crippen LogP contribution is 2.60. The van der Waals surface area contributed by atoms with Gasteiger partial charge in [-0.15, -0.1) is 0 Å². The Hall–Kier alpha value is -5.38. The maximum Gasteiger partial charge on any atom is 0.265 e. The third-order valence-corrected chi connectivity index (χ3v) is 11.7. The number of hydrogen-bond donors (Lipinski definition) is 0. The summed E-state index contributed by atoms with van der Waals surface area (Å²) in [5.74, 6) is -3.49. The van der Waals surface area contributed by atoms with Crippen LogP contribution < -0.4 is 9.21 Å². The first-order valence-corrected chi connectivity index (χ1v) is 17.8. The molecule has 5 aromatic carbocycles. The molecule has 0 aromatic heterocycles. The largest absolute Gasteiger partial charge is 0.294 e. The third-order valence-electron chi connectivity index (χ3n) is 9.67. The van der Waals surface area contributed by atoms with E-state index in [0.29, 0.717) is 16.1 Å². The number of aryl methyl sites for hydroxylation is 1. The van der Waals surface area contributed by atoms with E-state index >= 15 is 18.0 Å². The van der Waals surface area contributed by atoms with Crippen LogP contribution in [0.3, 0.4) is 0 Å². The summed E-state index contributed by atoms with van der Waals surface area (Å²) in [5.41, 5.74) is 0.302. The number of halogens is 1. The summed E-state index contributed by atoms with van der Waals surface area (Å²) in [6.45, 7) is 3.07. The van der Waals surface area contributed by atoms with E-state index in [1.54, 1.807) is 115 Å². The quantitative estimate of drug-likeness (QED) is 0.165. The van der Waals surface area contributed by atoms with Crippen LogP contribution in [-0.2, 0) is 25.0 Å². The van der Waals surface area contributed by atoms with Gasteiger partial charge in [-0.2, -0.15) is 0 Å². The number of anilines is 2. The molecule has 7 rings (SSSR count). The molecule has 8 nitrogen and oxygen atoms in total. The molecular formula is C40H31ClN2O6S. The Morgan fingerprint density at radius 1 is 0.740 bits per heavy atom. The van der Waals surface area contributed by atoms with Crippen LogP contribution in [0.5, 0.6) is 0 Å². The SMILES string of the molecule is CC(=O)N1C(=O)[C@@]2(c3ccccc31)[C@H](C(=O)c1ccccc1)N(S(=O)(=O)c1ccc(C)cc1)c1ccccc1[C@@H]2CC(=O)c1ccc(Cl)cc1. The van der Waals surface area contributed by atoms with Crippen LogP contribution in [0.2, 0.25) is 5.02 Å². The Bertz CT molecular complexity index is 2290. The van der Waals surface area contributed by atoms with Gasteiger partial charge < -0.3 is 0 Å². The predicted octanol–water partition coefficient (Wildman–Crippen LogP) is 7.30. The molecule has 1 spiro atoms. The van der Waals surface area contributed by atoms with Gasteiger partial charge in [-0.05, 0) is 66.6 Å². The molecule has 0 bridgehead atoms. The Labute approximate surface area is 295 Å². The molecule has 50 heavy (non-hydrogen) atoms. The minimum absolute atomic E-state index is 0.0863. The number of carbonyl (C=O) groups excluding carboxylic acids is 4. The molecule has 2 heterocycles. The van der Waals surface area contributed by atoms with E-state index in [-0.39, 0.29) is 39.6 Å². The number of amides is 2. The number of ketones is 2. The number of nitrogens with zero attached hydrogens (tertiary/aromatic N) is 2. The summed E-state index contributed by atoms with van der Waals surface area (Å²) >= 11 is 6.13. The number of Topliss-reactive ketones (excluding diaryl/α,β-unsaturated/α-hetero) is 2. The van der Waals surface area contributed by atoms with Gasteiger partial charge >= 0.3 is 0 Å². The average molecular weight is 703 g/mol. The van der Waals surface area contributed by atoms with Crippen molar-refractivity contribution >= 4 is 56.4 Å². The summed E-state index contributed by atoms with van der Waals surface area (Å²) in [6, 6.07) is 32.2. The van der Waals surface area contributed by atoms with E-state index in [2.05, 4.69) is 0 Å². The summed E-state index contributed by atoms with van der Waals surface area (Å²) in [7, 11) is -4.57. The standard InChI is InChI=1S/C40H31ClN2O6S/c1-25-16-22-30(23-17-25)50(48,49)43-34-14-8-6-12-31(34)33(24-36(45)27-18-20-29(41)21-19-27)40(38(43)37(46)28-10-4-3-5-11-28)32-13-7-9-15-35(32)42(26(2)44)39(40)47/h3-23,33,38H,24H2,1-2H3/t33-,38-,40+/m0/s1. The normalized spacial score (nSPS) is 19.6. The Balaban J connectivity index is 1.60. The van der Waals surface area contributed by atoms with Crippen LogP contribution in [0.25, 0.3) is 0 Å². The number of benzene rings is 5. The fourth-order valence-electron chi connectivity index (χ4n) is 7.46. The minimum Gasteiger partial charge on any atom is -0.294 e. The van der Waals surface area contributed by atoms with Gasteiger partial charge in [-0.3, -0.25) is 23.5 Å². The average Bonchev–Trinajstić information content (AvgIpc) is 3.37. The lowest BCUT2D eigenvalue weighted by molar-refractivity contribution is -0.129. The first-order chi connectivity index (χ1) is 24.0. The van der Waals surface area contributed by atoms with Crippen molar-refractivity contribution in [2.75, 3.05) is 9.21 Å². The Kier molecular flexibility index (Phi) is 8.28. The molecule has 0 aliphatic carbocycles. The van der Waals surface area contributed by atoms with Crippen molar-refractivity contribution in [2.45, 2.75) is 42.5 Å². The second-order valence-electron chi connectivity index (χ2n) is 12.5. The number of imide groups is 1. The number of hydrogen-bond acceptors (Lipinski definition) is 6. The van der Waals surface area contributed by atoms with Crippen LogP contribution in [0.1, 0.15) is 56.7 Å². The molecule has 10 heteroatoms. The van der Waals surface area contributed by atoms with E-state index in [1.807, 2.05) is 6.92 Å². The monoisotopic (exact) mass is 702 g/mol. The zero-order chi connectivity index (χ0) is 35.4. The summed E-state index contributed by atoms with van der Waals surface area (Å²) in [4.78, 5) is 59.1. The number of sulfonamides is 1. The van der Waals surface area contributed by atoms with E-state index in [9.17, 15) is 9.59 Å². The highest BCUT2D eigenvalue weighted by Gasteiger charge is 2.68. The summed E-state index contributed by atoms with van der Waals surface area (Å²) < 4.78 is 31.2. The highest BCUT2D eigenvalue weighted by molar-refractivity contribution is 7.93. The zero-order valence-corrected chi connectivity index (χ0v) is 28.7. The van der Waals surface area contributed by atoms with Crippen molar-refractivity contribution in [1.29, 1.82) is 0 Å². The highest BCUT2D eigenvalue weighted by atomic mass is 35.5. The molecule has 0 saturated heterocycles. The Morgan fingerprint density at radius 2 is 1.34 bits per heavy atom. The lowest BCUT2D eigenvalue weighted by Crippen LogP contribution is -2.66. The van der Waals surface area contributed by atoms with Crippen molar-refractivity contribution in [3.05, 3.63) is 160 Å². The fraction of sp³-hybridized carbons (Fsp3) is 0.150. The van der Waals surface area contributed by atoms with Gasteiger partial charge in [0.15, 0.2) is 11.6 Å². The predicted molar refractivity (Wildman–Crippen MR) is 191 cm³/mol. The molecule has 0 radical (unpaired) electrons. The molecule has 250 valence electrons. The smallest absolute Gasteiger partial charge is 0.265 e. The maximum absolute atomic E-state index is 15.4. The lowest BCUT2D eigenvalue weighted by atomic mass is 9.58. The molecule has 0 fully saturated rings. The first-order valence-electron chi connectivity index (χ1n) is 16.0. The zero-order valence-electron chi connectivity index (χ0n) is 27.1. The van der Waals surface area contributed by atoms with Crippen LogP contribution in [0, 0.1) is 6.92 Å². The molecule has 3 atom stereocenters. The van der Waals surface area contributed by atoms with Crippen molar-refractivity contribution in [2.24, 2.45) is 0 Å². The van der Waals surface area contributed by atoms with Crippen molar-refractivity contribution in [3.63, 3.8) is 0 Å². The second kappa shape index (κ2) is 12.5. The molecule has 0 unspecified atom stereocenters. The van der Waals surface area contributed by atoms with E-state index < -0.39 is 45.0 Å². The third kappa shape index (κ3) is 5.07. The molecule has 0 N–H and O–H groups in total. The maximum atomic E-state index is 15.4. The number of fused-ring (bicyclic) bond motifs is 3. The van der Waals surface area contributed by atoms with E-state index in [1.165, 1.54) is 19.1 Å². The summed E-state index contributed by atoms with van der Waals surface area (Å²) in [5, 5.41) is 0.434. The lowest BCUT2D eigenvalue weighted by Gasteiger charge is -2.51. The second-order valence-corrected chi connectivity index (χ2v) is 14.8. The summed E-state index contributed by atoms with van der Waals surface area (Å²) in [6.07, 6.45) is -0.290. The molecule has 2 aliphatic rings. The fourth-order valence-corrected chi connectivity index (χ4v) is 9.26. The van der Waals surface area contributed by atoms with Crippen LogP contribution in [-0.4, -0.2) is 37.8 Å². The first kappa shape index (κ1) is 33.1. The molecular weight excluding hydrogens is 672 g/mol. The minimum atomic E-state index is -4.57. The number of para-hydroxylation sites is 2. The molecule has 0 saturated carbocycles.